The Morgan fingerprint density at radius 1 is 1.03 bits per heavy atom. The summed E-state index contributed by atoms with van der Waals surface area (Å²) in [6.07, 6.45) is 1.37. The van der Waals surface area contributed by atoms with Crippen molar-refractivity contribution in [3.8, 4) is 17.6 Å². The van der Waals surface area contributed by atoms with Crippen LogP contribution in [0, 0.1) is 11.3 Å². The second kappa shape index (κ2) is 10.4. The summed E-state index contributed by atoms with van der Waals surface area (Å²) in [7, 11) is 0. The van der Waals surface area contributed by atoms with Gasteiger partial charge in [0.2, 0.25) is 6.79 Å². The number of hydrogen-bond acceptors (Lipinski definition) is 7. The number of fused-ring (bicyclic) bond motifs is 1. The maximum Gasteiger partial charge on any atom is 0.349 e. The van der Waals surface area contributed by atoms with Crippen molar-refractivity contribution >= 4 is 35.4 Å². The number of ether oxygens (including phenoxy) is 3. The Hall–Kier alpha value is -4.22. The van der Waals surface area contributed by atoms with E-state index in [9.17, 15) is 14.9 Å². The summed E-state index contributed by atoms with van der Waals surface area (Å²) >= 11 is 1.50. The van der Waals surface area contributed by atoms with Crippen LogP contribution in [-0.4, -0.2) is 25.3 Å². The topological polar surface area (TPSA) is 97.7 Å². The normalized spacial score (nSPS) is 12.0. The fourth-order valence-electron chi connectivity index (χ4n) is 2.98. The number of anilines is 1. The lowest BCUT2D eigenvalue weighted by atomic mass is 10.1. The monoisotopic (exact) mass is 458 g/mol. The molecule has 1 heterocycles. The number of carbonyl (C=O) groups is 2. The summed E-state index contributed by atoms with van der Waals surface area (Å²) in [5.41, 5.74) is 0.939. The lowest BCUT2D eigenvalue weighted by Crippen LogP contribution is -2.21. The average molecular weight is 458 g/mol. The smallest absolute Gasteiger partial charge is 0.349 e. The van der Waals surface area contributed by atoms with E-state index >= 15 is 0 Å². The summed E-state index contributed by atoms with van der Waals surface area (Å²) in [6, 6.07) is 23.9. The van der Waals surface area contributed by atoms with Crippen molar-refractivity contribution in [3.05, 3.63) is 83.9 Å². The molecule has 7 nitrogen and oxygen atoms in total. The zero-order valence-electron chi connectivity index (χ0n) is 17.3. The van der Waals surface area contributed by atoms with E-state index in [1.807, 2.05) is 48.5 Å². The minimum absolute atomic E-state index is 0.123. The van der Waals surface area contributed by atoms with Crippen LogP contribution in [0.2, 0.25) is 0 Å². The van der Waals surface area contributed by atoms with Crippen LogP contribution in [0.4, 0.5) is 5.69 Å². The van der Waals surface area contributed by atoms with Crippen molar-refractivity contribution in [1.82, 2.24) is 0 Å². The molecule has 0 atom stereocenters. The molecule has 0 radical (unpaired) electrons. The third-order valence-electron chi connectivity index (χ3n) is 4.51. The van der Waals surface area contributed by atoms with Gasteiger partial charge in [0.1, 0.15) is 11.6 Å². The Morgan fingerprint density at radius 2 is 1.79 bits per heavy atom. The molecule has 0 spiro atoms. The van der Waals surface area contributed by atoms with E-state index in [4.69, 9.17) is 14.2 Å². The van der Waals surface area contributed by atoms with Crippen LogP contribution in [0.25, 0.3) is 6.08 Å². The highest BCUT2D eigenvalue weighted by atomic mass is 32.2. The van der Waals surface area contributed by atoms with Gasteiger partial charge in [0.25, 0.3) is 5.91 Å². The minimum Gasteiger partial charge on any atom is -0.454 e. The van der Waals surface area contributed by atoms with Crippen molar-refractivity contribution in [2.24, 2.45) is 0 Å². The molecule has 33 heavy (non-hydrogen) atoms. The van der Waals surface area contributed by atoms with Crippen molar-refractivity contribution in [1.29, 1.82) is 5.26 Å². The Morgan fingerprint density at radius 3 is 2.61 bits per heavy atom. The molecular formula is C25H18N2O5S. The molecule has 1 aliphatic rings. The molecule has 0 aliphatic carbocycles. The van der Waals surface area contributed by atoms with Gasteiger partial charge in [-0.15, -0.1) is 0 Å². The second-order valence-electron chi connectivity index (χ2n) is 6.82. The molecule has 3 aromatic rings. The molecule has 1 aliphatic heterocycles. The quantitative estimate of drug-likeness (QED) is 0.312. The molecule has 0 fully saturated rings. The van der Waals surface area contributed by atoms with E-state index < -0.39 is 18.5 Å². The van der Waals surface area contributed by atoms with Gasteiger partial charge < -0.3 is 19.5 Å². The highest BCUT2D eigenvalue weighted by Gasteiger charge is 2.16. The van der Waals surface area contributed by atoms with Crippen molar-refractivity contribution in [2.45, 2.75) is 9.79 Å². The van der Waals surface area contributed by atoms with Gasteiger partial charge in [-0.25, -0.2) is 4.79 Å². The van der Waals surface area contributed by atoms with Gasteiger partial charge in [0, 0.05) is 9.79 Å². The second-order valence-corrected chi connectivity index (χ2v) is 7.93. The standard InChI is InChI=1S/C25H18N2O5S/c26-14-18(12-17-10-11-21-22(13-17)32-16-31-21)25(29)30-15-24(28)27-20-8-4-5-9-23(20)33-19-6-2-1-3-7-19/h1-13H,15-16H2,(H,27,28). The molecule has 0 saturated carbocycles. The fraction of sp³-hybridized carbons (Fsp3) is 0.0800. The molecule has 1 amide bonds. The Bertz CT molecular complexity index is 1250. The van der Waals surface area contributed by atoms with E-state index in [-0.39, 0.29) is 12.4 Å². The van der Waals surface area contributed by atoms with Crippen molar-refractivity contribution in [3.63, 3.8) is 0 Å². The van der Waals surface area contributed by atoms with Crippen LogP contribution in [0.5, 0.6) is 11.5 Å². The lowest BCUT2D eigenvalue weighted by molar-refractivity contribution is -0.142. The number of nitrogens with zero attached hydrogens (tertiary/aromatic N) is 1. The molecular weight excluding hydrogens is 440 g/mol. The number of carbonyl (C=O) groups excluding carboxylic acids is 2. The van der Waals surface area contributed by atoms with E-state index in [0.29, 0.717) is 22.7 Å². The molecule has 0 bridgehead atoms. The first-order valence-corrected chi connectivity index (χ1v) is 10.7. The number of hydrogen-bond donors (Lipinski definition) is 1. The van der Waals surface area contributed by atoms with Gasteiger partial charge in [0.15, 0.2) is 18.1 Å². The molecule has 164 valence electrons. The van der Waals surface area contributed by atoms with Gasteiger partial charge in [-0.3, -0.25) is 4.79 Å². The van der Waals surface area contributed by atoms with Gasteiger partial charge in [-0.05, 0) is 48.0 Å². The summed E-state index contributed by atoms with van der Waals surface area (Å²) < 4.78 is 15.6. The van der Waals surface area contributed by atoms with Crippen LogP contribution >= 0.6 is 11.8 Å². The first-order chi connectivity index (χ1) is 16.1. The predicted octanol–water partition coefficient (Wildman–Crippen LogP) is 4.66. The highest BCUT2D eigenvalue weighted by Crippen LogP contribution is 2.34. The van der Waals surface area contributed by atoms with Crippen LogP contribution in [-0.2, 0) is 14.3 Å². The third kappa shape index (κ3) is 5.73. The lowest BCUT2D eigenvalue weighted by Gasteiger charge is -2.11. The molecule has 8 heteroatoms. The number of para-hydroxylation sites is 1. The maximum atomic E-state index is 12.4. The zero-order valence-corrected chi connectivity index (χ0v) is 18.1. The zero-order chi connectivity index (χ0) is 23.0. The van der Waals surface area contributed by atoms with Crippen LogP contribution in [0.3, 0.4) is 0 Å². The summed E-state index contributed by atoms with van der Waals surface area (Å²) in [6.45, 7) is -0.402. The van der Waals surface area contributed by atoms with Gasteiger partial charge in [0.05, 0.1) is 5.69 Å². The fourth-order valence-corrected chi connectivity index (χ4v) is 3.90. The molecule has 1 N–H and O–H groups in total. The number of rotatable bonds is 7. The number of amides is 1. The third-order valence-corrected chi connectivity index (χ3v) is 5.60. The van der Waals surface area contributed by atoms with Crippen LogP contribution < -0.4 is 14.8 Å². The Kier molecular flexibility index (Phi) is 6.93. The molecule has 0 aromatic heterocycles. The van der Waals surface area contributed by atoms with Gasteiger partial charge in [-0.2, -0.15) is 5.26 Å². The Labute approximate surface area is 194 Å². The largest absolute Gasteiger partial charge is 0.454 e. The summed E-state index contributed by atoms with van der Waals surface area (Å²) in [5, 5.41) is 12.1. The molecule has 3 aromatic carbocycles. The van der Waals surface area contributed by atoms with Gasteiger partial charge >= 0.3 is 5.97 Å². The molecule has 4 rings (SSSR count). The van der Waals surface area contributed by atoms with Gasteiger partial charge in [-0.1, -0.05) is 48.2 Å². The van der Waals surface area contributed by atoms with E-state index in [2.05, 4.69) is 5.32 Å². The molecule has 0 unspecified atom stereocenters. The average Bonchev–Trinajstić information content (AvgIpc) is 3.31. The highest BCUT2D eigenvalue weighted by molar-refractivity contribution is 7.99. The first kappa shape index (κ1) is 22.0. The number of benzene rings is 3. The van der Waals surface area contributed by atoms with Crippen LogP contribution in [0.1, 0.15) is 5.56 Å². The number of nitriles is 1. The van der Waals surface area contributed by atoms with E-state index in [1.165, 1.54) is 17.8 Å². The predicted molar refractivity (Wildman–Crippen MR) is 123 cm³/mol. The minimum atomic E-state index is -0.891. The molecule has 0 saturated heterocycles. The number of nitrogens with one attached hydrogen (secondary N) is 1. The van der Waals surface area contributed by atoms with Crippen molar-refractivity contribution in [2.75, 3.05) is 18.7 Å². The van der Waals surface area contributed by atoms with E-state index in [1.54, 1.807) is 30.3 Å². The van der Waals surface area contributed by atoms with Crippen LogP contribution in [0.15, 0.2) is 88.2 Å². The maximum absolute atomic E-state index is 12.4. The Balaban J connectivity index is 1.37. The SMILES string of the molecule is N#CC(=Cc1ccc2c(c1)OCO2)C(=O)OCC(=O)Nc1ccccc1Sc1ccccc1. The number of esters is 1. The van der Waals surface area contributed by atoms with Crippen molar-refractivity contribution < 1.29 is 23.8 Å². The summed E-state index contributed by atoms with van der Waals surface area (Å²) in [4.78, 5) is 26.6. The summed E-state index contributed by atoms with van der Waals surface area (Å²) in [5.74, 6) is -0.279. The first-order valence-electron chi connectivity index (χ1n) is 9.93. The van der Waals surface area contributed by atoms with E-state index in [0.717, 1.165) is 9.79 Å².